The van der Waals surface area contributed by atoms with Crippen LogP contribution in [0.1, 0.15) is 27.2 Å². The Morgan fingerprint density at radius 3 is 2.78 bits per heavy atom. The second-order valence-corrected chi connectivity index (χ2v) is 4.93. The lowest BCUT2D eigenvalue weighted by molar-refractivity contribution is -0.115. The Morgan fingerprint density at radius 2 is 2.17 bits per heavy atom. The van der Waals surface area contributed by atoms with Gasteiger partial charge in [0.25, 0.3) is 0 Å². The molecule has 0 saturated heterocycles. The molecule has 0 spiro atoms. The number of nitrogens with one attached hydrogen (secondary N) is 1. The first kappa shape index (κ1) is 14.4. The fourth-order valence-electron chi connectivity index (χ4n) is 1.56. The summed E-state index contributed by atoms with van der Waals surface area (Å²) in [6.07, 6.45) is 2.62. The highest BCUT2D eigenvalue weighted by atomic mass is 16.1. The van der Waals surface area contributed by atoms with Crippen molar-refractivity contribution >= 4 is 17.4 Å². The van der Waals surface area contributed by atoms with Crippen LogP contribution in [0.15, 0.2) is 12.4 Å². The van der Waals surface area contributed by atoms with Crippen LogP contribution in [-0.2, 0) is 4.79 Å². The highest BCUT2D eigenvalue weighted by molar-refractivity contribution is 5.80. The largest absolute Gasteiger partial charge is 0.370 e. The molecule has 1 aromatic heterocycles. The van der Waals surface area contributed by atoms with E-state index in [1.165, 1.54) is 6.33 Å². The van der Waals surface area contributed by atoms with E-state index in [4.69, 9.17) is 0 Å². The fraction of sp³-hybridized carbons (Fsp3) is 0.615. The van der Waals surface area contributed by atoms with Crippen molar-refractivity contribution in [3.63, 3.8) is 0 Å². The number of nitrogens with zero attached hydrogens (tertiary/aromatic N) is 3. The van der Waals surface area contributed by atoms with Gasteiger partial charge in [0.15, 0.2) is 0 Å². The Hall–Kier alpha value is -1.65. The van der Waals surface area contributed by atoms with Gasteiger partial charge in [0.1, 0.15) is 23.7 Å². The van der Waals surface area contributed by atoms with Crippen LogP contribution >= 0.6 is 0 Å². The van der Waals surface area contributed by atoms with E-state index in [-0.39, 0.29) is 5.78 Å². The number of hydrogen-bond acceptors (Lipinski definition) is 5. The van der Waals surface area contributed by atoms with Gasteiger partial charge >= 0.3 is 0 Å². The summed E-state index contributed by atoms with van der Waals surface area (Å²) in [5.74, 6) is 2.34. The predicted molar refractivity (Wildman–Crippen MR) is 73.9 cm³/mol. The van der Waals surface area contributed by atoms with Crippen LogP contribution in [0.3, 0.4) is 0 Å². The molecule has 0 fully saturated rings. The number of anilines is 2. The molecule has 1 N–H and O–H groups in total. The highest BCUT2D eigenvalue weighted by Crippen LogP contribution is 2.12. The lowest BCUT2D eigenvalue weighted by atomic mass is 10.1. The molecule has 1 heterocycles. The van der Waals surface area contributed by atoms with E-state index in [0.717, 1.165) is 24.6 Å². The van der Waals surface area contributed by atoms with Crippen LogP contribution in [0.5, 0.6) is 0 Å². The van der Waals surface area contributed by atoms with Gasteiger partial charge in [0.2, 0.25) is 0 Å². The lowest BCUT2D eigenvalue weighted by Gasteiger charge is -2.17. The molecule has 0 aliphatic carbocycles. The van der Waals surface area contributed by atoms with Gasteiger partial charge in [-0.1, -0.05) is 13.8 Å². The molecule has 18 heavy (non-hydrogen) atoms. The van der Waals surface area contributed by atoms with E-state index in [0.29, 0.717) is 12.5 Å². The molecule has 0 amide bonds. The second kappa shape index (κ2) is 6.93. The standard InChI is InChI=1S/C13H22N4O/c1-10(2)5-6-14-12-7-13(16-9-15-12)17(4)8-11(3)18/h7,9-10H,5-6,8H2,1-4H3,(H,14,15,16). The minimum atomic E-state index is 0.116. The van der Waals surface area contributed by atoms with Gasteiger partial charge in [-0.2, -0.15) is 0 Å². The van der Waals surface area contributed by atoms with Gasteiger partial charge in [-0.05, 0) is 19.3 Å². The smallest absolute Gasteiger partial charge is 0.149 e. The number of likely N-dealkylation sites (N-methyl/N-ethyl adjacent to an activating group) is 1. The summed E-state index contributed by atoms with van der Waals surface area (Å²) in [6.45, 7) is 7.20. The van der Waals surface area contributed by atoms with Crippen molar-refractivity contribution in [2.75, 3.05) is 30.4 Å². The molecule has 0 radical (unpaired) electrons. The summed E-state index contributed by atoms with van der Waals surface area (Å²) in [5.41, 5.74) is 0. The van der Waals surface area contributed by atoms with Crippen molar-refractivity contribution in [2.24, 2.45) is 5.92 Å². The second-order valence-electron chi connectivity index (χ2n) is 4.93. The maximum absolute atomic E-state index is 11.1. The maximum Gasteiger partial charge on any atom is 0.149 e. The zero-order valence-electron chi connectivity index (χ0n) is 11.6. The predicted octanol–water partition coefficient (Wildman–Crippen LogP) is 1.96. The van der Waals surface area contributed by atoms with E-state index in [1.807, 2.05) is 18.0 Å². The zero-order chi connectivity index (χ0) is 13.5. The molecule has 0 saturated carbocycles. The average Bonchev–Trinajstić information content (AvgIpc) is 2.28. The van der Waals surface area contributed by atoms with Crippen molar-refractivity contribution < 1.29 is 4.79 Å². The summed E-state index contributed by atoms with van der Waals surface area (Å²) < 4.78 is 0. The van der Waals surface area contributed by atoms with Crippen LogP contribution in [0.4, 0.5) is 11.6 Å². The van der Waals surface area contributed by atoms with Gasteiger partial charge in [0, 0.05) is 19.7 Å². The van der Waals surface area contributed by atoms with E-state index >= 15 is 0 Å². The normalized spacial score (nSPS) is 10.5. The number of carbonyl (C=O) groups is 1. The van der Waals surface area contributed by atoms with Crippen LogP contribution in [0.2, 0.25) is 0 Å². The van der Waals surface area contributed by atoms with E-state index in [1.54, 1.807) is 6.92 Å². The number of aromatic nitrogens is 2. The highest BCUT2D eigenvalue weighted by Gasteiger charge is 2.06. The van der Waals surface area contributed by atoms with E-state index in [9.17, 15) is 4.79 Å². The molecular weight excluding hydrogens is 228 g/mol. The summed E-state index contributed by atoms with van der Waals surface area (Å²) in [7, 11) is 1.85. The SMILES string of the molecule is CC(=O)CN(C)c1cc(NCCC(C)C)ncn1. The topological polar surface area (TPSA) is 58.1 Å². The molecule has 5 nitrogen and oxygen atoms in total. The molecule has 100 valence electrons. The third-order valence-electron chi connectivity index (χ3n) is 2.53. The fourth-order valence-corrected chi connectivity index (χ4v) is 1.56. The molecule has 1 rings (SSSR count). The van der Waals surface area contributed by atoms with Crippen LogP contribution in [0, 0.1) is 5.92 Å². The van der Waals surface area contributed by atoms with E-state index < -0.39 is 0 Å². The number of ketones is 1. The number of carbonyl (C=O) groups excluding carboxylic acids is 1. The number of Topliss-reactive ketones (excluding diaryl/α,β-unsaturated/α-hetero) is 1. The molecule has 0 bridgehead atoms. The Morgan fingerprint density at radius 1 is 1.44 bits per heavy atom. The summed E-state index contributed by atoms with van der Waals surface area (Å²) >= 11 is 0. The van der Waals surface area contributed by atoms with Crippen molar-refractivity contribution in [2.45, 2.75) is 27.2 Å². The van der Waals surface area contributed by atoms with Gasteiger partial charge in [-0.15, -0.1) is 0 Å². The van der Waals surface area contributed by atoms with Crippen molar-refractivity contribution in [1.82, 2.24) is 9.97 Å². The van der Waals surface area contributed by atoms with Crippen molar-refractivity contribution in [3.05, 3.63) is 12.4 Å². The number of rotatable bonds is 7. The summed E-state index contributed by atoms with van der Waals surface area (Å²) in [5, 5.41) is 3.26. The lowest BCUT2D eigenvalue weighted by Crippen LogP contribution is -2.24. The van der Waals surface area contributed by atoms with Gasteiger partial charge in [0.05, 0.1) is 6.54 Å². The quantitative estimate of drug-likeness (QED) is 0.801. The molecule has 0 aliphatic rings. The molecule has 0 atom stereocenters. The third kappa shape index (κ3) is 5.12. The molecular formula is C13H22N4O. The molecule has 0 aliphatic heterocycles. The average molecular weight is 250 g/mol. The van der Waals surface area contributed by atoms with Gasteiger partial charge < -0.3 is 10.2 Å². The van der Waals surface area contributed by atoms with Crippen LogP contribution in [0.25, 0.3) is 0 Å². The van der Waals surface area contributed by atoms with Crippen molar-refractivity contribution in [3.8, 4) is 0 Å². The molecule has 0 unspecified atom stereocenters. The van der Waals surface area contributed by atoms with Gasteiger partial charge in [-0.25, -0.2) is 9.97 Å². The maximum atomic E-state index is 11.1. The monoisotopic (exact) mass is 250 g/mol. The van der Waals surface area contributed by atoms with Crippen LogP contribution < -0.4 is 10.2 Å². The van der Waals surface area contributed by atoms with Gasteiger partial charge in [-0.3, -0.25) is 4.79 Å². The first-order chi connectivity index (χ1) is 8.49. The Labute approximate surface area is 109 Å². The van der Waals surface area contributed by atoms with Crippen LogP contribution in [-0.4, -0.2) is 35.9 Å². The summed E-state index contributed by atoms with van der Waals surface area (Å²) in [4.78, 5) is 21.2. The molecule has 0 aromatic carbocycles. The Bertz CT molecular complexity index is 392. The molecule has 5 heteroatoms. The first-order valence-electron chi connectivity index (χ1n) is 6.25. The number of hydrogen-bond donors (Lipinski definition) is 1. The minimum absolute atomic E-state index is 0.116. The first-order valence-corrected chi connectivity index (χ1v) is 6.25. The third-order valence-corrected chi connectivity index (χ3v) is 2.53. The van der Waals surface area contributed by atoms with E-state index in [2.05, 4.69) is 29.1 Å². The Balaban J connectivity index is 2.58. The summed E-state index contributed by atoms with van der Waals surface area (Å²) in [6, 6.07) is 1.86. The zero-order valence-corrected chi connectivity index (χ0v) is 11.6. The minimum Gasteiger partial charge on any atom is -0.370 e. The Kier molecular flexibility index (Phi) is 5.55. The molecule has 1 aromatic rings. The van der Waals surface area contributed by atoms with Crippen molar-refractivity contribution in [1.29, 1.82) is 0 Å².